The Hall–Kier alpha value is -2.05. The molecule has 1 fully saturated rings. The Kier molecular flexibility index (Phi) is 3.73. The number of thioether (sulfide) groups is 1. The van der Waals surface area contributed by atoms with Crippen molar-refractivity contribution in [3.63, 3.8) is 0 Å². The summed E-state index contributed by atoms with van der Waals surface area (Å²) >= 11 is 1.59. The lowest BCUT2D eigenvalue weighted by atomic mass is 10.1. The summed E-state index contributed by atoms with van der Waals surface area (Å²) in [4.78, 5) is 14.1. The molecule has 0 radical (unpaired) electrons. The predicted molar refractivity (Wildman–Crippen MR) is 92.7 cm³/mol. The topological polar surface area (TPSA) is 41.6 Å². The Bertz CT molecular complexity index is 805. The van der Waals surface area contributed by atoms with Gasteiger partial charge in [-0.1, -0.05) is 18.2 Å². The SMILES string of the molecule is COc1ccc2c(c1)C1(NCCS1)C(=O)N2Cc1ccccc1F. The maximum Gasteiger partial charge on any atom is 0.262 e. The minimum atomic E-state index is -0.783. The molecule has 0 saturated carbocycles. The first kappa shape index (κ1) is 15.5. The zero-order chi connectivity index (χ0) is 16.7. The molecule has 24 heavy (non-hydrogen) atoms. The summed E-state index contributed by atoms with van der Waals surface area (Å²) in [6, 6.07) is 12.2. The molecule has 1 atom stereocenters. The van der Waals surface area contributed by atoms with Gasteiger partial charge in [0.1, 0.15) is 11.6 Å². The molecular formula is C18H17FN2O2S. The van der Waals surface area contributed by atoms with E-state index in [0.29, 0.717) is 11.3 Å². The minimum Gasteiger partial charge on any atom is -0.497 e. The number of methoxy groups -OCH3 is 1. The van der Waals surface area contributed by atoms with Crippen molar-refractivity contribution in [1.82, 2.24) is 5.32 Å². The maximum atomic E-state index is 14.1. The van der Waals surface area contributed by atoms with E-state index in [1.165, 1.54) is 6.07 Å². The van der Waals surface area contributed by atoms with Gasteiger partial charge in [-0.2, -0.15) is 0 Å². The number of nitrogens with one attached hydrogen (secondary N) is 1. The van der Waals surface area contributed by atoms with E-state index >= 15 is 0 Å². The molecule has 4 rings (SSSR count). The highest BCUT2D eigenvalue weighted by Crippen LogP contribution is 2.50. The highest BCUT2D eigenvalue weighted by Gasteiger charge is 2.53. The Labute approximate surface area is 144 Å². The van der Waals surface area contributed by atoms with Crippen LogP contribution in [-0.2, 0) is 16.2 Å². The van der Waals surface area contributed by atoms with E-state index in [2.05, 4.69) is 5.32 Å². The normalized spacial score (nSPS) is 22.2. The average molecular weight is 344 g/mol. The number of fused-ring (bicyclic) bond motifs is 2. The number of anilines is 1. The smallest absolute Gasteiger partial charge is 0.262 e. The molecule has 0 aliphatic carbocycles. The fraction of sp³-hybridized carbons (Fsp3) is 0.278. The molecule has 1 saturated heterocycles. The number of hydrogen-bond donors (Lipinski definition) is 1. The second kappa shape index (κ2) is 5.79. The van der Waals surface area contributed by atoms with E-state index in [1.54, 1.807) is 42.0 Å². The zero-order valence-electron chi connectivity index (χ0n) is 13.2. The largest absolute Gasteiger partial charge is 0.497 e. The van der Waals surface area contributed by atoms with E-state index in [9.17, 15) is 9.18 Å². The summed E-state index contributed by atoms with van der Waals surface area (Å²) in [5.74, 6) is 1.23. The first-order valence-electron chi connectivity index (χ1n) is 7.78. The minimum absolute atomic E-state index is 0.0449. The fourth-order valence-electron chi connectivity index (χ4n) is 3.32. The number of amides is 1. The van der Waals surface area contributed by atoms with Crippen molar-refractivity contribution in [1.29, 1.82) is 0 Å². The number of nitrogens with zero attached hydrogens (tertiary/aromatic N) is 1. The number of hydrogen-bond acceptors (Lipinski definition) is 4. The van der Waals surface area contributed by atoms with Gasteiger partial charge < -0.3 is 9.64 Å². The van der Waals surface area contributed by atoms with Gasteiger partial charge >= 0.3 is 0 Å². The summed E-state index contributed by atoms with van der Waals surface area (Å²) in [6.07, 6.45) is 0. The standard InChI is InChI=1S/C18H17FN2O2S/c1-23-13-6-7-16-14(10-13)18(20-8-9-24-18)17(22)21(16)11-12-4-2-3-5-15(12)19/h2-7,10,20H,8-9,11H2,1H3. The molecule has 2 aromatic carbocycles. The second-order valence-corrected chi connectivity index (χ2v) is 7.13. The van der Waals surface area contributed by atoms with Crippen LogP contribution in [0.5, 0.6) is 5.75 Å². The van der Waals surface area contributed by atoms with Crippen LogP contribution in [0.4, 0.5) is 10.1 Å². The van der Waals surface area contributed by atoms with E-state index in [1.807, 2.05) is 18.2 Å². The predicted octanol–water partition coefficient (Wildman–Crippen LogP) is 2.87. The van der Waals surface area contributed by atoms with Crippen LogP contribution in [-0.4, -0.2) is 25.3 Å². The summed E-state index contributed by atoms with van der Waals surface area (Å²) in [5.41, 5.74) is 2.21. The van der Waals surface area contributed by atoms with Gasteiger partial charge in [0.25, 0.3) is 5.91 Å². The molecule has 1 N–H and O–H groups in total. The van der Waals surface area contributed by atoms with Crippen molar-refractivity contribution in [2.45, 2.75) is 11.4 Å². The molecule has 1 unspecified atom stereocenters. The van der Waals surface area contributed by atoms with E-state index in [4.69, 9.17) is 4.74 Å². The molecule has 0 bridgehead atoms. The molecule has 2 aliphatic heterocycles. The number of ether oxygens (including phenoxy) is 1. The number of carbonyl (C=O) groups excluding carboxylic acids is 1. The van der Waals surface area contributed by atoms with Crippen LogP contribution in [0.15, 0.2) is 42.5 Å². The molecule has 4 nitrogen and oxygen atoms in total. The molecule has 2 heterocycles. The first-order chi connectivity index (χ1) is 11.7. The van der Waals surface area contributed by atoms with Gasteiger partial charge in [0.05, 0.1) is 19.3 Å². The van der Waals surface area contributed by atoms with Gasteiger partial charge in [-0.15, -0.1) is 11.8 Å². The molecule has 124 valence electrons. The van der Waals surface area contributed by atoms with Crippen LogP contribution in [0.2, 0.25) is 0 Å². The number of halogens is 1. The third-order valence-corrected chi connectivity index (χ3v) is 5.88. The maximum absolute atomic E-state index is 14.1. The average Bonchev–Trinajstić information content (AvgIpc) is 3.18. The number of rotatable bonds is 3. The van der Waals surface area contributed by atoms with Crippen molar-refractivity contribution < 1.29 is 13.9 Å². The second-order valence-electron chi connectivity index (χ2n) is 5.82. The highest BCUT2D eigenvalue weighted by atomic mass is 32.2. The molecule has 6 heteroatoms. The number of benzene rings is 2. The monoisotopic (exact) mass is 344 g/mol. The lowest BCUT2D eigenvalue weighted by Crippen LogP contribution is -2.44. The Morgan fingerprint density at radius 2 is 2.17 bits per heavy atom. The molecule has 0 aromatic heterocycles. The molecule has 1 amide bonds. The van der Waals surface area contributed by atoms with Crippen molar-refractivity contribution >= 4 is 23.4 Å². The van der Waals surface area contributed by atoms with Crippen molar-refractivity contribution in [3.05, 3.63) is 59.4 Å². The quantitative estimate of drug-likeness (QED) is 0.930. The van der Waals surface area contributed by atoms with E-state index < -0.39 is 4.87 Å². The van der Waals surface area contributed by atoms with Gasteiger partial charge in [0, 0.05) is 23.4 Å². The third-order valence-electron chi connectivity index (χ3n) is 4.50. The lowest BCUT2D eigenvalue weighted by Gasteiger charge is -2.23. The van der Waals surface area contributed by atoms with Gasteiger partial charge in [0.2, 0.25) is 0 Å². The Morgan fingerprint density at radius 3 is 2.88 bits per heavy atom. The highest BCUT2D eigenvalue weighted by molar-refractivity contribution is 8.01. The van der Waals surface area contributed by atoms with Gasteiger partial charge in [0.15, 0.2) is 4.87 Å². The summed E-state index contributed by atoms with van der Waals surface area (Å²) < 4.78 is 19.4. The fourth-order valence-corrected chi connectivity index (χ4v) is 4.59. The third kappa shape index (κ3) is 2.21. The molecule has 2 aliphatic rings. The zero-order valence-corrected chi connectivity index (χ0v) is 14.0. The van der Waals surface area contributed by atoms with Crippen LogP contribution < -0.4 is 15.0 Å². The number of carbonyl (C=O) groups is 1. The van der Waals surface area contributed by atoms with E-state index in [0.717, 1.165) is 23.5 Å². The van der Waals surface area contributed by atoms with Crippen LogP contribution in [0.1, 0.15) is 11.1 Å². The molecule has 1 spiro atoms. The van der Waals surface area contributed by atoms with Crippen LogP contribution in [0.3, 0.4) is 0 Å². The summed E-state index contributed by atoms with van der Waals surface area (Å²) in [7, 11) is 1.61. The van der Waals surface area contributed by atoms with Crippen LogP contribution >= 0.6 is 11.8 Å². The van der Waals surface area contributed by atoms with Gasteiger partial charge in [-0.3, -0.25) is 10.1 Å². The van der Waals surface area contributed by atoms with Crippen molar-refractivity contribution in [2.24, 2.45) is 0 Å². The first-order valence-corrected chi connectivity index (χ1v) is 8.77. The van der Waals surface area contributed by atoms with Crippen molar-refractivity contribution in [3.8, 4) is 5.75 Å². The van der Waals surface area contributed by atoms with E-state index in [-0.39, 0.29) is 18.3 Å². The lowest BCUT2D eigenvalue weighted by molar-refractivity contribution is -0.121. The van der Waals surface area contributed by atoms with Crippen LogP contribution in [0.25, 0.3) is 0 Å². The summed E-state index contributed by atoms with van der Waals surface area (Å²) in [6.45, 7) is 0.982. The molecule has 2 aromatic rings. The van der Waals surface area contributed by atoms with Crippen LogP contribution in [0, 0.1) is 5.82 Å². The Balaban J connectivity index is 1.80. The van der Waals surface area contributed by atoms with Gasteiger partial charge in [-0.05, 0) is 24.3 Å². The summed E-state index contributed by atoms with van der Waals surface area (Å²) in [5, 5.41) is 3.34. The van der Waals surface area contributed by atoms with Crippen molar-refractivity contribution in [2.75, 3.05) is 24.3 Å². The Morgan fingerprint density at radius 1 is 1.33 bits per heavy atom. The molecular weight excluding hydrogens is 327 g/mol. The van der Waals surface area contributed by atoms with Gasteiger partial charge in [-0.25, -0.2) is 4.39 Å².